The summed E-state index contributed by atoms with van der Waals surface area (Å²) < 4.78 is 2.15. The zero-order valence-corrected chi connectivity index (χ0v) is 16.5. The lowest BCUT2D eigenvalue weighted by Crippen LogP contribution is -2.22. The minimum absolute atomic E-state index is 0.00170. The van der Waals surface area contributed by atoms with E-state index in [0.717, 1.165) is 17.3 Å². The van der Waals surface area contributed by atoms with Crippen LogP contribution in [-0.2, 0) is 6.42 Å². The van der Waals surface area contributed by atoms with Crippen LogP contribution in [0.2, 0.25) is 5.02 Å². The number of phenols is 1. The maximum atomic E-state index is 12.9. The van der Waals surface area contributed by atoms with Crippen LogP contribution in [0, 0.1) is 0 Å². The van der Waals surface area contributed by atoms with Gasteiger partial charge in [-0.15, -0.1) is 0 Å². The Morgan fingerprint density at radius 3 is 2.85 bits per heavy atom. The molecule has 134 valence electrons. The summed E-state index contributed by atoms with van der Waals surface area (Å²) in [5.74, 6) is 0.620. The van der Waals surface area contributed by atoms with Gasteiger partial charge in [-0.3, -0.25) is 4.79 Å². The van der Waals surface area contributed by atoms with E-state index in [1.165, 1.54) is 17.0 Å². The third-order valence-electron chi connectivity index (χ3n) is 3.92. The number of nitrogens with zero attached hydrogens (tertiary/aromatic N) is 3. The molecule has 0 fully saturated rings. The lowest BCUT2D eigenvalue weighted by atomic mass is 10.2. The zero-order valence-electron chi connectivity index (χ0n) is 14.1. The Bertz CT molecular complexity index is 1050. The normalized spacial score (nSPS) is 11.5. The Hall–Kier alpha value is -2.18. The molecule has 26 heavy (non-hydrogen) atoms. The van der Waals surface area contributed by atoms with Crippen molar-refractivity contribution in [2.45, 2.75) is 26.2 Å². The molecule has 0 spiro atoms. The smallest absolute Gasteiger partial charge is 0.282 e. The van der Waals surface area contributed by atoms with Gasteiger partial charge in [0.15, 0.2) is 0 Å². The van der Waals surface area contributed by atoms with Crippen molar-refractivity contribution in [2.24, 2.45) is 5.10 Å². The van der Waals surface area contributed by atoms with Crippen LogP contribution in [0.15, 0.2) is 50.8 Å². The van der Waals surface area contributed by atoms with Gasteiger partial charge in [0.05, 0.1) is 22.1 Å². The second-order valence-corrected chi connectivity index (χ2v) is 7.19. The first-order valence-corrected chi connectivity index (χ1v) is 9.40. The van der Waals surface area contributed by atoms with Crippen molar-refractivity contribution in [1.29, 1.82) is 0 Å². The molecule has 0 radical (unpaired) electrons. The van der Waals surface area contributed by atoms with Gasteiger partial charge in [0, 0.05) is 10.9 Å². The van der Waals surface area contributed by atoms with Gasteiger partial charge in [0.1, 0.15) is 11.6 Å². The monoisotopic (exact) mass is 433 g/mol. The van der Waals surface area contributed by atoms with Crippen molar-refractivity contribution >= 4 is 44.6 Å². The van der Waals surface area contributed by atoms with Crippen LogP contribution in [0.5, 0.6) is 5.75 Å². The summed E-state index contributed by atoms with van der Waals surface area (Å²) in [6, 6.07) is 10.2. The maximum Gasteiger partial charge on any atom is 0.282 e. The average molecular weight is 435 g/mol. The Labute approximate surface area is 164 Å². The zero-order chi connectivity index (χ0) is 18.7. The third-order valence-corrected chi connectivity index (χ3v) is 4.72. The third kappa shape index (κ3) is 3.97. The van der Waals surface area contributed by atoms with Crippen LogP contribution in [0.25, 0.3) is 10.9 Å². The molecule has 2 aromatic carbocycles. The molecule has 0 aliphatic carbocycles. The van der Waals surface area contributed by atoms with Gasteiger partial charge in [0.25, 0.3) is 5.56 Å². The number of hydrogen-bond acceptors (Lipinski definition) is 4. The fourth-order valence-corrected chi connectivity index (χ4v) is 3.09. The van der Waals surface area contributed by atoms with Crippen LogP contribution in [-0.4, -0.2) is 21.0 Å². The first-order chi connectivity index (χ1) is 12.5. The van der Waals surface area contributed by atoms with E-state index in [-0.39, 0.29) is 16.3 Å². The molecule has 0 aliphatic heterocycles. The minimum Gasteiger partial charge on any atom is -0.506 e. The summed E-state index contributed by atoms with van der Waals surface area (Å²) in [5, 5.41) is 14.6. The molecule has 0 saturated heterocycles. The highest BCUT2D eigenvalue weighted by Crippen LogP contribution is 2.23. The second kappa shape index (κ2) is 8.01. The van der Waals surface area contributed by atoms with Crippen LogP contribution in [0.4, 0.5) is 0 Å². The first-order valence-electron chi connectivity index (χ1n) is 8.23. The summed E-state index contributed by atoms with van der Waals surface area (Å²) >= 11 is 9.31. The van der Waals surface area contributed by atoms with Gasteiger partial charge in [-0.1, -0.05) is 40.9 Å². The number of aromatic nitrogens is 2. The predicted octanol–water partition coefficient (Wildman–Crippen LogP) is 4.74. The van der Waals surface area contributed by atoms with E-state index < -0.39 is 0 Å². The molecule has 5 nitrogen and oxygen atoms in total. The van der Waals surface area contributed by atoms with Crippen LogP contribution in [0.1, 0.15) is 31.2 Å². The summed E-state index contributed by atoms with van der Waals surface area (Å²) in [6.45, 7) is 2.09. The number of halogens is 2. The topological polar surface area (TPSA) is 67.5 Å². The minimum atomic E-state index is -0.219. The van der Waals surface area contributed by atoms with Gasteiger partial charge >= 0.3 is 0 Å². The lowest BCUT2D eigenvalue weighted by molar-refractivity contribution is 0.475. The molecule has 1 N–H and O–H groups in total. The summed E-state index contributed by atoms with van der Waals surface area (Å²) in [7, 11) is 0. The highest BCUT2D eigenvalue weighted by molar-refractivity contribution is 9.10. The first kappa shape index (κ1) is 18.6. The van der Waals surface area contributed by atoms with Gasteiger partial charge in [-0.05, 0) is 48.4 Å². The second-order valence-electron chi connectivity index (χ2n) is 5.87. The highest BCUT2D eigenvalue weighted by Gasteiger charge is 2.11. The number of aromatic hydroxyl groups is 1. The van der Waals surface area contributed by atoms with Gasteiger partial charge in [-0.25, -0.2) is 4.98 Å². The van der Waals surface area contributed by atoms with Crippen molar-refractivity contribution in [3.63, 3.8) is 0 Å². The van der Waals surface area contributed by atoms with E-state index in [9.17, 15) is 9.90 Å². The number of unbranched alkanes of at least 4 members (excludes halogenated alkanes) is 1. The van der Waals surface area contributed by atoms with Crippen molar-refractivity contribution < 1.29 is 5.11 Å². The summed E-state index contributed by atoms with van der Waals surface area (Å²) in [5.41, 5.74) is 1.11. The molecule has 3 aromatic rings. The van der Waals surface area contributed by atoms with Crippen molar-refractivity contribution in [3.05, 3.63) is 67.6 Å². The molecule has 1 aromatic heterocycles. The molecular weight excluding hydrogens is 418 g/mol. The quantitative estimate of drug-likeness (QED) is 0.590. The van der Waals surface area contributed by atoms with E-state index in [1.54, 1.807) is 18.2 Å². The SMILES string of the molecule is CCCCc1nc2ccc(Br)cc2c(=O)n1N=Cc1ccc(O)c(Cl)c1. The molecule has 3 rings (SSSR count). The number of aryl methyl sites for hydroxylation is 1. The van der Waals surface area contributed by atoms with Crippen molar-refractivity contribution in [2.75, 3.05) is 0 Å². The number of hydrogen-bond donors (Lipinski definition) is 1. The predicted molar refractivity (Wildman–Crippen MR) is 108 cm³/mol. The molecular formula is C19H17BrClN3O2. The van der Waals surface area contributed by atoms with Gasteiger partial charge in [-0.2, -0.15) is 9.78 Å². The summed E-state index contributed by atoms with van der Waals surface area (Å²) in [4.78, 5) is 17.6. The average Bonchev–Trinajstić information content (AvgIpc) is 2.62. The molecule has 0 amide bonds. The molecule has 0 unspecified atom stereocenters. The lowest BCUT2D eigenvalue weighted by Gasteiger charge is -2.09. The van der Waals surface area contributed by atoms with E-state index in [0.29, 0.717) is 28.7 Å². The number of phenolic OH excluding ortho intramolecular Hbond substituents is 1. The molecule has 0 aliphatic rings. The summed E-state index contributed by atoms with van der Waals surface area (Å²) in [6.07, 6.45) is 4.10. The van der Waals surface area contributed by atoms with Crippen molar-refractivity contribution in [3.8, 4) is 5.75 Å². The largest absolute Gasteiger partial charge is 0.506 e. The standard InChI is InChI=1S/C19H17BrClN3O2/c1-2-3-4-18-23-16-7-6-13(20)10-14(16)19(26)24(18)22-11-12-5-8-17(25)15(21)9-12/h5-11,25H,2-4H2,1H3. The van der Waals surface area contributed by atoms with Gasteiger partial charge < -0.3 is 5.11 Å². The Balaban J connectivity index is 2.11. The Morgan fingerprint density at radius 1 is 1.31 bits per heavy atom. The van der Waals surface area contributed by atoms with E-state index in [2.05, 4.69) is 32.9 Å². The maximum absolute atomic E-state index is 12.9. The number of rotatable bonds is 5. The van der Waals surface area contributed by atoms with Crippen molar-refractivity contribution in [1.82, 2.24) is 9.66 Å². The molecule has 1 heterocycles. The molecule has 0 saturated carbocycles. The van der Waals surface area contributed by atoms with Crippen LogP contribution in [0.3, 0.4) is 0 Å². The number of fused-ring (bicyclic) bond motifs is 1. The molecule has 0 bridgehead atoms. The fraction of sp³-hybridized carbons (Fsp3) is 0.211. The van der Waals surface area contributed by atoms with Crippen LogP contribution < -0.4 is 5.56 Å². The molecule has 0 atom stereocenters. The van der Waals surface area contributed by atoms with E-state index in [4.69, 9.17) is 11.6 Å². The van der Waals surface area contributed by atoms with E-state index >= 15 is 0 Å². The van der Waals surface area contributed by atoms with Gasteiger partial charge in [0.2, 0.25) is 0 Å². The Morgan fingerprint density at radius 2 is 2.12 bits per heavy atom. The Kier molecular flexibility index (Phi) is 5.74. The van der Waals surface area contributed by atoms with E-state index in [1.807, 2.05) is 12.1 Å². The fourth-order valence-electron chi connectivity index (χ4n) is 2.54. The molecule has 7 heteroatoms. The van der Waals surface area contributed by atoms with Crippen LogP contribution >= 0.6 is 27.5 Å². The highest BCUT2D eigenvalue weighted by atomic mass is 79.9. The number of benzene rings is 2.